The smallest absolute Gasteiger partial charge is 0.163 e. The van der Waals surface area contributed by atoms with Gasteiger partial charge in [0, 0.05) is 11.9 Å². The number of hydrogen-bond acceptors (Lipinski definition) is 2. The maximum atomic E-state index is 11.2. The molecule has 0 spiro atoms. The largest absolute Gasteiger partial charge is 0.359 e. The summed E-state index contributed by atoms with van der Waals surface area (Å²) in [6, 6.07) is 3.85. The summed E-state index contributed by atoms with van der Waals surface area (Å²) in [5, 5.41) is 0. The quantitative estimate of drug-likeness (QED) is 0.673. The highest BCUT2D eigenvalue weighted by atomic mass is 16.1. The number of aromatic nitrogens is 2. The van der Waals surface area contributed by atoms with Crippen LogP contribution in [0.2, 0.25) is 0 Å². The van der Waals surface area contributed by atoms with Crippen LogP contribution in [0, 0.1) is 6.92 Å². The van der Waals surface area contributed by atoms with E-state index >= 15 is 0 Å². The van der Waals surface area contributed by atoms with Gasteiger partial charge in [-0.1, -0.05) is 0 Å². The number of aryl methyl sites for hydroxylation is 1. The summed E-state index contributed by atoms with van der Waals surface area (Å²) >= 11 is 0. The number of hydrogen-bond donors (Lipinski definition) is 1. The molecule has 1 N–H and O–H groups in total. The Morgan fingerprint density at radius 3 is 2.92 bits per heavy atom. The van der Waals surface area contributed by atoms with E-state index in [0.717, 1.165) is 16.7 Å². The maximum absolute atomic E-state index is 11.2. The SMILES string of the molecule is CC(=O)c1c[nH]c2ccc(C)nc12. The molecule has 0 amide bonds. The van der Waals surface area contributed by atoms with E-state index in [2.05, 4.69) is 9.97 Å². The van der Waals surface area contributed by atoms with Crippen molar-refractivity contribution in [1.82, 2.24) is 9.97 Å². The molecule has 0 aliphatic carbocycles. The number of pyridine rings is 1. The zero-order valence-electron chi connectivity index (χ0n) is 7.59. The predicted octanol–water partition coefficient (Wildman–Crippen LogP) is 2.07. The highest BCUT2D eigenvalue weighted by Crippen LogP contribution is 2.16. The molecule has 3 nitrogen and oxygen atoms in total. The molecule has 66 valence electrons. The lowest BCUT2D eigenvalue weighted by molar-refractivity contribution is 0.101. The summed E-state index contributed by atoms with van der Waals surface area (Å²) in [4.78, 5) is 18.5. The van der Waals surface area contributed by atoms with Crippen LogP contribution in [0.25, 0.3) is 11.0 Å². The van der Waals surface area contributed by atoms with Gasteiger partial charge in [0.05, 0.1) is 16.6 Å². The highest BCUT2D eigenvalue weighted by Gasteiger charge is 2.08. The summed E-state index contributed by atoms with van der Waals surface area (Å²) in [7, 11) is 0. The van der Waals surface area contributed by atoms with E-state index in [1.54, 1.807) is 13.1 Å². The Morgan fingerprint density at radius 1 is 1.46 bits per heavy atom. The number of nitrogens with zero attached hydrogens (tertiary/aromatic N) is 1. The van der Waals surface area contributed by atoms with Gasteiger partial charge < -0.3 is 4.98 Å². The van der Waals surface area contributed by atoms with E-state index in [0.29, 0.717) is 5.56 Å². The minimum absolute atomic E-state index is 0.0457. The third kappa shape index (κ3) is 1.22. The Morgan fingerprint density at radius 2 is 2.23 bits per heavy atom. The molecule has 0 aliphatic heterocycles. The van der Waals surface area contributed by atoms with Crippen LogP contribution in [0.1, 0.15) is 23.0 Å². The first kappa shape index (κ1) is 7.98. The Labute approximate surface area is 75.8 Å². The van der Waals surface area contributed by atoms with Crippen molar-refractivity contribution >= 4 is 16.8 Å². The van der Waals surface area contributed by atoms with Gasteiger partial charge in [-0.05, 0) is 26.0 Å². The lowest BCUT2D eigenvalue weighted by Gasteiger charge is -1.93. The third-order valence-electron chi connectivity index (χ3n) is 2.04. The van der Waals surface area contributed by atoms with Crippen LogP contribution in [0.5, 0.6) is 0 Å². The molecule has 2 rings (SSSR count). The average Bonchev–Trinajstić information content (AvgIpc) is 2.46. The Bertz CT molecular complexity index is 471. The van der Waals surface area contributed by atoms with Gasteiger partial charge in [-0.25, -0.2) is 0 Å². The lowest BCUT2D eigenvalue weighted by atomic mass is 10.2. The fraction of sp³-hybridized carbons (Fsp3) is 0.200. The van der Waals surface area contributed by atoms with Gasteiger partial charge >= 0.3 is 0 Å². The summed E-state index contributed by atoms with van der Waals surface area (Å²) in [6.45, 7) is 3.46. The monoisotopic (exact) mass is 174 g/mol. The minimum atomic E-state index is 0.0457. The van der Waals surface area contributed by atoms with E-state index in [1.165, 1.54) is 0 Å². The van der Waals surface area contributed by atoms with Crippen LogP contribution in [-0.4, -0.2) is 15.8 Å². The fourth-order valence-corrected chi connectivity index (χ4v) is 1.37. The number of ketones is 1. The molecular weight excluding hydrogens is 164 g/mol. The first-order chi connectivity index (χ1) is 6.18. The molecule has 0 aromatic carbocycles. The Kier molecular flexibility index (Phi) is 1.65. The van der Waals surface area contributed by atoms with Crippen molar-refractivity contribution in [1.29, 1.82) is 0 Å². The topological polar surface area (TPSA) is 45.8 Å². The number of carbonyl (C=O) groups excluding carboxylic acids is 1. The van der Waals surface area contributed by atoms with Crippen molar-refractivity contribution in [3.8, 4) is 0 Å². The molecule has 2 aromatic heterocycles. The van der Waals surface area contributed by atoms with Gasteiger partial charge in [-0.15, -0.1) is 0 Å². The number of rotatable bonds is 1. The second kappa shape index (κ2) is 2.69. The van der Waals surface area contributed by atoms with Gasteiger partial charge in [-0.3, -0.25) is 9.78 Å². The minimum Gasteiger partial charge on any atom is -0.359 e. The van der Waals surface area contributed by atoms with Crippen LogP contribution in [-0.2, 0) is 0 Å². The second-order valence-corrected chi connectivity index (χ2v) is 3.11. The van der Waals surface area contributed by atoms with E-state index in [4.69, 9.17) is 0 Å². The molecular formula is C10H10N2O. The van der Waals surface area contributed by atoms with Crippen molar-refractivity contribution in [2.24, 2.45) is 0 Å². The first-order valence-corrected chi connectivity index (χ1v) is 4.14. The first-order valence-electron chi connectivity index (χ1n) is 4.14. The zero-order chi connectivity index (χ0) is 9.42. The molecule has 0 bridgehead atoms. The average molecular weight is 174 g/mol. The van der Waals surface area contributed by atoms with Crippen molar-refractivity contribution in [3.63, 3.8) is 0 Å². The van der Waals surface area contributed by atoms with E-state index in [9.17, 15) is 4.79 Å². The summed E-state index contributed by atoms with van der Waals surface area (Å²) in [6.07, 6.45) is 1.71. The fourth-order valence-electron chi connectivity index (χ4n) is 1.37. The van der Waals surface area contributed by atoms with Gasteiger partial charge in [-0.2, -0.15) is 0 Å². The van der Waals surface area contributed by atoms with E-state index in [-0.39, 0.29) is 5.78 Å². The number of aromatic amines is 1. The van der Waals surface area contributed by atoms with Crippen molar-refractivity contribution < 1.29 is 4.79 Å². The zero-order valence-corrected chi connectivity index (χ0v) is 7.59. The summed E-state index contributed by atoms with van der Waals surface area (Å²) < 4.78 is 0. The normalized spacial score (nSPS) is 10.6. The number of nitrogens with one attached hydrogen (secondary N) is 1. The van der Waals surface area contributed by atoms with Crippen molar-refractivity contribution in [2.45, 2.75) is 13.8 Å². The van der Waals surface area contributed by atoms with Crippen LogP contribution in [0.15, 0.2) is 18.3 Å². The molecule has 0 radical (unpaired) electrons. The number of H-pyrrole nitrogens is 1. The molecule has 0 saturated heterocycles. The van der Waals surface area contributed by atoms with Crippen molar-refractivity contribution in [2.75, 3.05) is 0 Å². The number of Topliss-reactive ketones (excluding diaryl/α,β-unsaturated/α-hetero) is 1. The Balaban J connectivity index is 2.79. The van der Waals surface area contributed by atoms with Gasteiger partial charge in [0.1, 0.15) is 0 Å². The maximum Gasteiger partial charge on any atom is 0.163 e. The molecule has 13 heavy (non-hydrogen) atoms. The Hall–Kier alpha value is -1.64. The van der Waals surface area contributed by atoms with Gasteiger partial charge in [0.15, 0.2) is 5.78 Å². The third-order valence-corrected chi connectivity index (χ3v) is 2.04. The van der Waals surface area contributed by atoms with Crippen LogP contribution in [0.3, 0.4) is 0 Å². The molecule has 0 aliphatic rings. The number of carbonyl (C=O) groups is 1. The molecule has 0 atom stereocenters. The molecule has 0 fully saturated rings. The molecule has 3 heteroatoms. The van der Waals surface area contributed by atoms with Crippen LogP contribution in [0.4, 0.5) is 0 Å². The van der Waals surface area contributed by atoms with E-state index in [1.807, 2.05) is 19.1 Å². The number of fused-ring (bicyclic) bond motifs is 1. The van der Waals surface area contributed by atoms with Gasteiger partial charge in [0.2, 0.25) is 0 Å². The summed E-state index contributed by atoms with van der Waals surface area (Å²) in [5.74, 6) is 0.0457. The standard InChI is InChI=1S/C10H10N2O/c1-6-3-4-9-10(12-6)8(5-11-9)7(2)13/h3-5,11H,1-2H3. The predicted molar refractivity (Wildman–Crippen MR) is 50.8 cm³/mol. The second-order valence-electron chi connectivity index (χ2n) is 3.11. The van der Waals surface area contributed by atoms with Crippen LogP contribution < -0.4 is 0 Å². The molecule has 2 aromatic rings. The van der Waals surface area contributed by atoms with E-state index < -0.39 is 0 Å². The molecule has 0 saturated carbocycles. The molecule has 2 heterocycles. The van der Waals surface area contributed by atoms with Crippen molar-refractivity contribution in [3.05, 3.63) is 29.6 Å². The van der Waals surface area contributed by atoms with Crippen LogP contribution >= 0.6 is 0 Å². The lowest BCUT2D eigenvalue weighted by Crippen LogP contribution is -1.91. The molecule has 0 unspecified atom stereocenters. The highest BCUT2D eigenvalue weighted by molar-refractivity contribution is 6.05. The van der Waals surface area contributed by atoms with Gasteiger partial charge in [0.25, 0.3) is 0 Å². The summed E-state index contributed by atoms with van der Waals surface area (Å²) in [5.41, 5.74) is 3.27.